The molecule has 0 aliphatic heterocycles. The summed E-state index contributed by atoms with van der Waals surface area (Å²) in [5.74, 6) is 0.498. The van der Waals surface area contributed by atoms with Gasteiger partial charge in [0.1, 0.15) is 0 Å². The smallest absolute Gasteiger partial charge is 0.251 e. The van der Waals surface area contributed by atoms with Crippen LogP contribution in [0.5, 0.6) is 0 Å². The molecule has 1 aromatic rings. The molecule has 1 aromatic carbocycles. The van der Waals surface area contributed by atoms with Gasteiger partial charge >= 0.3 is 0 Å². The highest BCUT2D eigenvalue weighted by Gasteiger charge is 2.28. The van der Waals surface area contributed by atoms with Crippen LogP contribution in [-0.4, -0.2) is 23.2 Å². The Kier molecular flexibility index (Phi) is 5.48. The van der Waals surface area contributed by atoms with E-state index in [-0.39, 0.29) is 5.91 Å². The maximum Gasteiger partial charge on any atom is 0.251 e. The number of carbonyl (C=O) groups is 1. The van der Waals surface area contributed by atoms with Gasteiger partial charge in [0.25, 0.3) is 5.91 Å². The molecule has 0 saturated carbocycles. The van der Waals surface area contributed by atoms with Gasteiger partial charge in [0.2, 0.25) is 0 Å². The van der Waals surface area contributed by atoms with E-state index in [0.717, 1.165) is 11.1 Å². The normalized spacial score (nSPS) is 11.4. The van der Waals surface area contributed by atoms with E-state index in [1.165, 1.54) is 0 Å². The molecule has 0 atom stereocenters. The lowest BCUT2D eigenvalue weighted by atomic mass is 10.00. The van der Waals surface area contributed by atoms with Crippen LogP contribution >= 0.6 is 23.2 Å². The van der Waals surface area contributed by atoms with Crippen LogP contribution in [0.25, 0.3) is 0 Å². The Bertz CT molecular complexity index is 399. The summed E-state index contributed by atoms with van der Waals surface area (Å²) in [4.78, 5) is 12.2. The first kappa shape index (κ1) is 15.3. The average molecular weight is 288 g/mol. The summed E-state index contributed by atoms with van der Waals surface area (Å²) >= 11 is 11.8. The Morgan fingerprint density at radius 1 is 1.17 bits per heavy atom. The lowest BCUT2D eigenvalue weighted by Gasteiger charge is -2.29. The van der Waals surface area contributed by atoms with E-state index >= 15 is 0 Å². The monoisotopic (exact) mass is 287 g/mol. The number of halogens is 2. The number of carbonyl (C=O) groups excluding carboxylic acids is 1. The van der Waals surface area contributed by atoms with Gasteiger partial charge in [-0.15, -0.1) is 23.2 Å². The first-order valence-corrected chi connectivity index (χ1v) is 7.06. The molecule has 0 bridgehead atoms. The minimum Gasteiger partial charge on any atom is -0.344 e. The van der Waals surface area contributed by atoms with Gasteiger partial charge in [0.15, 0.2) is 0 Å². The number of amides is 1. The van der Waals surface area contributed by atoms with Crippen molar-refractivity contribution >= 4 is 29.1 Å². The predicted octanol–water partition coefficient (Wildman–Crippen LogP) is 3.66. The summed E-state index contributed by atoms with van der Waals surface area (Å²) in [5, 5.41) is 2.95. The number of rotatable bonds is 5. The molecule has 0 heterocycles. The van der Waals surface area contributed by atoms with Gasteiger partial charge in [0, 0.05) is 17.3 Å². The van der Waals surface area contributed by atoms with E-state index in [4.69, 9.17) is 23.2 Å². The first-order chi connectivity index (χ1) is 8.46. The van der Waals surface area contributed by atoms with Gasteiger partial charge in [-0.25, -0.2) is 0 Å². The maximum absolute atomic E-state index is 12.2. The summed E-state index contributed by atoms with van der Waals surface area (Å²) in [6.45, 7) is 5.91. The standard InChI is InChI=1S/C14H19Cl2NO/c1-4-14(8-15,9-16)17-13(18)12-6-10(2)5-11(3)7-12/h5-7H,4,8-9H2,1-3H3,(H,17,18). The third kappa shape index (κ3) is 3.63. The summed E-state index contributed by atoms with van der Waals surface area (Å²) in [6.07, 6.45) is 0.705. The van der Waals surface area contributed by atoms with Crippen LogP contribution in [0.2, 0.25) is 0 Å². The molecule has 1 amide bonds. The molecule has 0 spiro atoms. The lowest BCUT2D eigenvalue weighted by molar-refractivity contribution is 0.0913. The van der Waals surface area contributed by atoms with Crippen LogP contribution in [0.1, 0.15) is 34.8 Å². The van der Waals surface area contributed by atoms with Crippen molar-refractivity contribution < 1.29 is 4.79 Å². The second kappa shape index (κ2) is 6.44. The Balaban J connectivity index is 2.94. The van der Waals surface area contributed by atoms with Crippen LogP contribution in [0.3, 0.4) is 0 Å². The van der Waals surface area contributed by atoms with E-state index in [2.05, 4.69) is 5.32 Å². The van der Waals surface area contributed by atoms with Crippen LogP contribution < -0.4 is 5.32 Å². The molecule has 100 valence electrons. The second-order valence-electron chi connectivity index (χ2n) is 4.73. The zero-order chi connectivity index (χ0) is 13.8. The van der Waals surface area contributed by atoms with Gasteiger partial charge in [-0.3, -0.25) is 4.79 Å². The van der Waals surface area contributed by atoms with Crippen molar-refractivity contribution in [3.63, 3.8) is 0 Å². The third-order valence-electron chi connectivity index (χ3n) is 3.05. The topological polar surface area (TPSA) is 29.1 Å². The van der Waals surface area contributed by atoms with Crippen molar-refractivity contribution in [2.75, 3.05) is 11.8 Å². The summed E-state index contributed by atoms with van der Waals surface area (Å²) in [6, 6.07) is 5.77. The molecule has 1 rings (SSSR count). The van der Waals surface area contributed by atoms with Crippen LogP contribution in [-0.2, 0) is 0 Å². The van der Waals surface area contributed by atoms with Crippen molar-refractivity contribution in [1.82, 2.24) is 5.32 Å². The third-order valence-corrected chi connectivity index (χ3v) is 4.07. The summed E-state index contributed by atoms with van der Waals surface area (Å²) in [5.41, 5.74) is 2.26. The first-order valence-electron chi connectivity index (χ1n) is 5.99. The molecule has 0 aliphatic rings. The second-order valence-corrected chi connectivity index (χ2v) is 5.27. The fraction of sp³-hybridized carbons (Fsp3) is 0.500. The maximum atomic E-state index is 12.2. The molecular weight excluding hydrogens is 269 g/mol. The molecule has 0 fully saturated rings. The fourth-order valence-corrected chi connectivity index (χ4v) is 2.60. The molecule has 0 saturated heterocycles. The number of alkyl halides is 2. The van der Waals surface area contributed by atoms with Crippen LogP contribution in [0, 0.1) is 13.8 Å². The fourth-order valence-electron chi connectivity index (χ4n) is 1.80. The summed E-state index contributed by atoms with van der Waals surface area (Å²) in [7, 11) is 0. The Hall–Kier alpha value is -0.730. The van der Waals surface area contributed by atoms with Gasteiger partial charge in [0.05, 0.1) is 5.54 Å². The SMILES string of the molecule is CCC(CCl)(CCl)NC(=O)c1cc(C)cc(C)c1. The van der Waals surface area contributed by atoms with Crippen molar-refractivity contribution in [1.29, 1.82) is 0 Å². The van der Waals surface area contributed by atoms with E-state index in [9.17, 15) is 4.79 Å². The van der Waals surface area contributed by atoms with Gasteiger partial charge < -0.3 is 5.32 Å². The zero-order valence-corrected chi connectivity index (χ0v) is 12.5. The van der Waals surface area contributed by atoms with Crippen molar-refractivity contribution in [3.8, 4) is 0 Å². The molecule has 0 aromatic heterocycles. The number of nitrogens with one attached hydrogen (secondary N) is 1. The molecule has 2 nitrogen and oxygen atoms in total. The highest BCUT2D eigenvalue weighted by molar-refractivity contribution is 6.22. The predicted molar refractivity (Wildman–Crippen MR) is 77.8 cm³/mol. The molecule has 4 heteroatoms. The summed E-state index contributed by atoms with van der Waals surface area (Å²) < 4.78 is 0. The van der Waals surface area contributed by atoms with E-state index < -0.39 is 5.54 Å². The Morgan fingerprint density at radius 3 is 2.06 bits per heavy atom. The minimum absolute atomic E-state index is 0.120. The lowest BCUT2D eigenvalue weighted by Crippen LogP contribution is -2.51. The van der Waals surface area contributed by atoms with Gasteiger partial charge in [-0.2, -0.15) is 0 Å². The van der Waals surface area contributed by atoms with E-state index in [1.807, 2.05) is 39.0 Å². The Morgan fingerprint density at radius 2 is 1.67 bits per heavy atom. The van der Waals surface area contributed by atoms with Crippen LogP contribution in [0.15, 0.2) is 18.2 Å². The van der Waals surface area contributed by atoms with Crippen molar-refractivity contribution in [2.45, 2.75) is 32.7 Å². The number of hydrogen-bond acceptors (Lipinski definition) is 1. The molecule has 18 heavy (non-hydrogen) atoms. The van der Waals surface area contributed by atoms with Crippen LogP contribution in [0.4, 0.5) is 0 Å². The quantitative estimate of drug-likeness (QED) is 0.823. The van der Waals surface area contributed by atoms with Gasteiger partial charge in [-0.1, -0.05) is 24.1 Å². The van der Waals surface area contributed by atoms with Gasteiger partial charge in [-0.05, 0) is 32.4 Å². The van der Waals surface area contributed by atoms with Crippen molar-refractivity contribution in [2.24, 2.45) is 0 Å². The number of hydrogen-bond donors (Lipinski definition) is 1. The number of benzene rings is 1. The van der Waals surface area contributed by atoms with Crippen molar-refractivity contribution in [3.05, 3.63) is 34.9 Å². The molecule has 0 aliphatic carbocycles. The number of aryl methyl sites for hydroxylation is 2. The molecule has 0 unspecified atom stereocenters. The molecular formula is C14H19Cl2NO. The zero-order valence-electron chi connectivity index (χ0n) is 11.0. The van der Waals surface area contributed by atoms with E-state index in [1.54, 1.807) is 0 Å². The highest BCUT2D eigenvalue weighted by atomic mass is 35.5. The highest BCUT2D eigenvalue weighted by Crippen LogP contribution is 2.17. The largest absolute Gasteiger partial charge is 0.344 e. The van der Waals surface area contributed by atoms with E-state index in [0.29, 0.717) is 23.7 Å². The molecule has 0 radical (unpaired) electrons. The molecule has 1 N–H and O–H groups in total. The minimum atomic E-state index is -0.530. The average Bonchev–Trinajstić information content (AvgIpc) is 2.35. The Labute approximate surface area is 119 Å².